The molecule has 0 aromatic heterocycles. The molecular weight excluding hydrogens is 640 g/mol. The van der Waals surface area contributed by atoms with Crippen molar-refractivity contribution in [2.75, 3.05) is 58.1 Å². The Morgan fingerprint density at radius 3 is 2.58 bits per heavy atom. The summed E-state index contributed by atoms with van der Waals surface area (Å²) in [5, 5.41) is 29.5. The number of allylic oxidation sites excluding steroid dienone is 1. The summed E-state index contributed by atoms with van der Waals surface area (Å²) in [6.45, 7) is 8.05. The van der Waals surface area contributed by atoms with Crippen molar-refractivity contribution < 1.29 is 38.6 Å². The highest BCUT2D eigenvalue weighted by atomic mass is 32.2. The van der Waals surface area contributed by atoms with E-state index in [2.05, 4.69) is 10.6 Å². The van der Waals surface area contributed by atoms with Gasteiger partial charge in [0.05, 0.1) is 48.4 Å². The molecule has 0 radical (unpaired) electrons. The third kappa shape index (κ3) is 9.21. The first-order chi connectivity index (χ1) is 23.2. The number of hydrogen-bond donors (Lipinski definition) is 3. The van der Waals surface area contributed by atoms with E-state index in [4.69, 9.17) is 18.9 Å². The van der Waals surface area contributed by atoms with Gasteiger partial charge in [-0.25, -0.2) is 9.59 Å². The second-order valence-electron chi connectivity index (χ2n) is 11.1. The molecule has 0 saturated carbocycles. The highest BCUT2D eigenvalue weighted by Gasteiger charge is 2.39. The maximum atomic E-state index is 13.5. The van der Waals surface area contributed by atoms with Gasteiger partial charge in [0, 0.05) is 61.8 Å². The molecule has 1 fully saturated rings. The molecule has 2 aliphatic rings. The molecule has 3 N–H and O–H groups in total. The van der Waals surface area contributed by atoms with E-state index in [-0.39, 0.29) is 36.3 Å². The number of methoxy groups -OCH3 is 1. The van der Waals surface area contributed by atoms with Crippen molar-refractivity contribution in [2.24, 2.45) is 0 Å². The molecule has 1 saturated heterocycles. The first kappa shape index (κ1) is 37.0. The van der Waals surface area contributed by atoms with E-state index in [1.807, 2.05) is 29.2 Å². The number of hydrogen-bond acceptors (Lipinski definition) is 13. The Kier molecular flexibility index (Phi) is 14.0. The van der Waals surface area contributed by atoms with Gasteiger partial charge in [0.15, 0.2) is 6.29 Å². The van der Waals surface area contributed by atoms with Crippen LogP contribution in [0.3, 0.4) is 0 Å². The number of nitrogens with one attached hydrogen (secondary N) is 2. The lowest BCUT2D eigenvalue weighted by Gasteiger charge is -2.35. The second-order valence-corrected chi connectivity index (χ2v) is 12.2. The van der Waals surface area contributed by atoms with Crippen molar-refractivity contribution in [3.05, 3.63) is 97.9 Å². The summed E-state index contributed by atoms with van der Waals surface area (Å²) in [7, 11) is 1.59. The average molecular weight is 685 g/mol. The van der Waals surface area contributed by atoms with Gasteiger partial charge >= 0.3 is 11.9 Å². The predicted molar refractivity (Wildman–Crippen MR) is 181 cm³/mol. The fraction of sp³-hybridized carbons (Fsp3) is 0.471. The molecule has 0 aliphatic carbocycles. The lowest BCUT2D eigenvalue weighted by Crippen LogP contribution is -2.45. The van der Waals surface area contributed by atoms with Crippen LogP contribution >= 0.6 is 11.8 Å². The summed E-state index contributed by atoms with van der Waals surface area (Å²) in [5.74, 6) is -1.08. The van der Waals surface area contributed by atoms with E-state index in [1.165, 1.54) is 18.2 Å². The maximum absolute atomic E-state index is 13.5. The second kappa shape index (κ2) is 18.1. The van der Waals surface area contributed by atoms with E-state index < -0.39 is 29.0 Å². The van der Waals surface area contributed by atoms with Gasteiger partial charge in [0.2, 0.25) is 0 Å². The van der Waals surface area contributed by atoms with Gasteiger partial charge in [0.1, 0.15) is 6.23 Å². The van der Waals surface area contributed by atoms with Crippen LogP contribution in [0.2, 0.25) is 0 Å². The van der Waals surface area contributed by atoms with Gasteiger partial charge in [-0.3, -0.25) is 15.0 Å². The number of aliphatic hydroxyl groups excluding tert-OH is 1. The smallest absolute Gasteiger partial charge is 0.336 e. The number of dihydropyridines is 1. The summed E-state index contributed by atoms with van der Waals surface area (Å²) < 4.78 is 21.7. The van der Waals surface area contributed by atoms with Crippen molar-refractivity contribution in [3.63, 3.8) is 0 Å². The van der Waals surface area contributed by atoms with Gasteiger partial charge < -0.3 is 34.7 Å². The van der Waals surface area contributed by atoms with Crippen molar-refractivity contribution in [2.45, 2.75) is 45.8 Å². The Labute approximate surface area is 284 Å². The number of nitrogens with zero attached hydrogens (tertiary/aromatic N) is 2. The number of nitro groups is 1. The molecule has 2 aromatic carbocycles. The quantitative estimate of drug-likeness (QED) is 0.102. The molecule has 14 heteroatoms. The van der Waals surface area contributed by atoms with Crippen LogP contribution in [0.25, 0.3) is 0 Å². The average Bonchev–Trinajstić information content (AvgIpc) is 3.09. The van der Waals surface area contributed by atoms with Gasteiger partial charge in [0.25, 0.3) is 5.69 Å². The van der Waals surface area contributed by atoms with Crippen molar-refractivity contribution in [1.82, 2.24) is 15.5 Å². The fourth-order valence-corrected chi connectivity index (χ4v) is 6.64. The molecule has 3 atom stereocenters. The highest BCUT2D eigenvalue weighted by molar-refractivity contribution is 7.99. The lowest BCUT2D eigenvalue weighted by molar-refractivity contribution is -0.384. The SMILES string of the molecule is CCOC(=O)C1=C(C)NC(CSCCNCc2ccccc2C(O)N2CCOC(OC)C2)=C(C(=O)OCC)C1c1cccc([N+](=O)[O-])c1. The molecule has 48 heavy (non-hydrogen) atoms. The van der Waals surface area contributed by atoms with Crippen LogP contribution in [0.1, 0.15) is 49.6 Å². The molecule has 4 rings (SSSR count). The number of thioether (sulfide) groups is 1. The van der Waals surface area contributed by atoms with E-state index >= 15 is 0 Å². The van der Waals surface area contributed by atoms with Gasteiger partial charge in [-0.2, -0.15) is 11.8 Å². The van der Waals surface area contributed by atoms with Crippen LogP contribution in [0.4, 0.5) is 5.69 Å². The molecule has 0 spiro atoms. The number of esters is 2. The predicted octanol–water partition coefficient (Wildman–Crippen LogP) is 3.75. The normalized spacial score (nSPS) is 19.1. The molecule has 2 aliphatic heterocycles. The zero-order valence-corrected chi connectivity index (χ0v) is 28.5. The van der Waals surface area contributed by atoms with Crippen LogP contribution in [0.5, 0.6) is 0 Å². The molecule has 0 amide bonds. The maximum Gasteiger partial charge on any atom is 0.336 e. The Hall–Kier alpha value is -3.79. The van der Waals surface area contributed by atoms with E-state index in [0.717, 1.165) is 11.1 Å². The fourth-order valence-electron chi connectivity index (χ4n) is 5.78. The van der Waals surface area contributed by atoms with E-state index in [1.54, 1.807) is 45.7 Å². The monoisotopic (exact) mass is 684 g/mol. The first-order valence-corrected chi connectivity index (χ1v) is 17.1. The molecule has 2 heterocycles. The minimum Gasteiger partial charge on any atom is -0.463 e. The molecule has 0 bridgehead atoms. The van der Waals surface area contributed by atoms with Crippen molar-refractivity contribution in [3.8, 4) is 0 Å². The first-order valence-electron chi connectivity index (χ1n) is 15.9. The molecule has 13 nitrogen and oxygen atoms in total. The number of nitro benzene ring substituents is 1. The number of carbonyl (C=O) groups is 2. The number of rotatable bonds is 16. The van der Waals surface area contributed by atoms with Crippen LogP contribution in [-0.4, -0.2) is 91.2 Å². The lowest BCUT2D eigenvalue weighted by atomic mass is 9.80. The van der Waals surface area contributed by atoms with Crippen molar-refractivity contribution in [1.29, 1.82) is 0 Å². The third-order valence-corrected chi connectivity index (χ3v) is 9.03. The van der Waals surface area contributed by atoms with E-state index in [9.17, 15) is 24.8 Å². The topological polar surface area (TPSA) is 162 Å². The number of benzene rings is 2. The molecule has 260 valence electrons. The zero-order chi connectivity index (χ0) is 34.6. The minimum atomic E-state index is -0.925. The summed E-state index contributed by atoms with van der Waals surface area (Å²) in [4.78, 5) is 39.7. The minimum absolute atomic E-state index is 0.112. The third-order valence-electron chi connectivity index (χ3n) is 8.04. The summed E-state index contributed by atoms with van der Waals surface area (Å²) in [6.07, 6.45) is -1.18. The largest absolute Gasteiger partial charge is 0.463 e. The summed E-state index contributed by atoms with van der Waals surface area (Å²) >= 11 is 1.57. The van der Waals surface area contributed by atoms with Crippen LogP contribution < -0.4 is 10.6 Å². The zero-order valence-electron chi connectivity index (χ0n) is 27.7. The van der Waals surface area contributed by atoms with Crippen molar-refractivity contribution >= 4 is 29.4 Å². The number of ether oxygens (including phenoxy) is 4. The standard InChI is InChI=1S/C34H44N4O9S/c1-5-45-33(40)29-22(3)36-27(31(34(41)46-6-2)30(29)23-11-9-12-25(18-23)38(42)43)21-48-17-14-35-19-24-10-7-8-13-26(24)32(39)37-15-16-47-28(20-37)44-4/h7-13,18,28,30,32,35-36,39H,5-6,14-17,19-21H2,1-4H3. The molecule has 2 aromatic rings. The van der Waals surface area contributed by atoms with Gasteiger partial charge in [-0.15, -0.1) is 0 Å². The molecule has 3 unspecified atom stereocenters. The Morgan fingerprint density at radius 2 is 1.88 bits per heavy atom. The Morgan fingerprint density at radius 1 is 1.15 bits per heavy atom. The van der Waals surface area contributed by atoms with Crippen LogP contribution in [0, 0.1) is 10.1 Å². The Bertz CT molecular complexity index is 1510. The van der Waals surface area contributed by atoms with Crippen LogP contribution in [0.15, 0.2) is 71.1 Å². The van der Waals surface area contributed by atoms with Gasteiger partial charge in [-0.1, -0.05) is 36.4 Å². The number of carbonyl (C=O) groups excluding carboxylic acids is 2. The number of morpholine rings is 1. The highest BCUT2D eigenvalue weighted by Crippen LogP contribution is 2.41. The summed E-state index contributed by atoms with van der Waals surface area (Å²) in [5.41, 5.74) is 3.53. The number of aliphatic hydroxyl groups is 1. The number of non-ortho nitro benzene ring substituents is 1. The van der Waals surface area contributed by atoms with E-state index in [0.29, 0.717) is 61.2 Å². The molecular formula is C34H44N4O9S. The summed E-state index contributed by atoms with van der Waals surface area (Å²) in [6, 6.07) is 13.7. The Balaban J connectivity index is 1.48. The van der Waals surface area contributed by atoms with Crippen LogP contribution in [-0.2, 0) is 35.1 Å². The van der Waals surface area contributed by atoms with Gasteiger partial charge in [-0.05, 0) is 37.5 Å².